The Kier molecular flexibility index (Phi) is 5.62. The first kappa shape index (κ1) is 16.5. The Morgan fingerprint density at radius 1 is 1.36 bits per heavy atom. The van der Waals surface area contributed by atoms with Crippen LogP contribution < -0.4 is 21.4 Å². The van der Waals surface area contributed by atoms with Gasteiger partial charge in [0.05, 0.1) is 12.0 Å². The molecule has 0 radical (unpaired) electrons. The van der Waals surface area contributed by atoms with Crippen LogP contribution in [0.2, 0.25) is 0 Å². The first-order chi connectivity index (χ1) is 10.7. The van der Waals surface area contributed by atoms with Gasteiger partial charge in [-0.05, 0) is 26.2 Å². The predicted octanol–water partition coefficient (Wildman–Crippen LogP) is 0.916. The van der Waals surface area contributed by atoms with E-state index >= 15 is 0 Å². The summed E-state index contributed by atoms with van der Waals surface area (Å²) in [6.45, 7) is 5.00. The van der Waals surface area contributed by atoms with Gasteiger partial charge in [0, 0.05) is 23.8 Å². The van der Waals surface area contributed by atoms with Gasteiger partial charge in [-0.3, -0.25) is 15.4 Å². The SMILES string of the molecule is CCC(=O)NC1CCCCC1SC1CC(C)NC2NCNN21. The summed E-state index contributed by atoms with van der Waals surface area (Å²) < 4.78 is 0. The molecule has 126 valence electrons. The van der Waals surface area contributed by atoms with Crippen molar-refractivity contribution in [1.29, 1.82) is 0 Å². The lowest BCUT2D eigenvalue weighted by atomic mass is 9.95. The minimum atomic E-state index is 0.190. The summed E-state index contributed by atoms with van der Waals surface area (Å²) in [5, 5.41) is 13.6. The van der Waals surface area contributed by atoms with Crippen molar-refractivity contribution in [2.24, 2.45) is 0 Å². The molecular weight excluding hydrogens is 298 g/mol. The van der Waals surface area contributed by atoms with E-state index in [0.717, 1.165) is 19.5 Å². The molecule has 6 nitrogen and oxygen atoms in total. The molecule has 0 bridgehead atoms. The van der Waals surface area contributed by atoms with Crippen LogP contribution in [0, 0.1) is 0 Å². The molecule has 22 heavy (non-hydrogen) atoms. The summed E-state index contributed by atoms with van der Waals surface area (Å²) in [4.78, 5) is 11.8. The molecule has 5 unspecified atom stereocenters. The predicted molar refractivity (Wildman–Crippen MR) is 89.8 cm³/mol. The van der Waals surface area contributed by atoms with Gasteiger partial charge < -0.3 is 5.32 Å². The van der Waals surface area contributed by atoms with Crippen molar-refractivity contribution in [3.63, 3.8) is 0 Å². The van der Waals surface area contributed by atoms with Crippen molar-refractivity contribution in [2.45, 2.75) is 81.4 Å². The highest BCUT2D eigenvalue weighted by Gasteiger charge is 2.39. The van der Waals surface area contributed by atoms with Gasteiger partial charge in [0.1, 0.15) is 6.29 Å². The van der Waals surface area contributed by atoms with Crippen LogP contribution in [0.25, 0.3) is 0 Å². The van der Waals surface area contributed by atoms with Crippen molar-refractivity contribution in [3.8, 4) is 0 Å². The van der Waals surface area contributed by atoms with E-state index in [2.05, 4.69) is 45.1 Å². The number of rotatable bonds is 4. The Bertz CT molecular complexity index is 396. The molecule has 1 aliphatic carbocycles. The summed E-state index contributed by atoms with van der Waals surface area (Å²) >= 11 is 2.05. The zero-order valence-corrected chi connectivity index (χ0v) is 14.4. The molecule has 1 amide bonds. The summed E-state index contributed by atoms with van der Waals surface area (Å²) in [7, 11) is 0. The molecule has 5 atom stereocenters. The fourth-order valence-electron chi connectivity index (χ4n) is 3.64. The Balaban J connectivity index is 1.62. The van der Waals surface area contributed by atoms with Crippen molar-refractivity contribution in [2.75, 3.05) is 6.67 Å². The molecule has 2 heterocycles. The van der Waals surface area contributed by atoms with E-state index in [1.54, 1.807) is 0 Å². The maximum absolute atomic E-state index is 11.8. The largest absolute Gasteiger partial charge is 0.352 e. The number of carbonyl (C=O) groups is 1. The lowest BCUT2D eigenvalue weighted by molar-refractivity contribution is -0.121. The topological polar surface area (TPSA) is 68.4 Å². The highest BCUT2D eigenvalue weighted by atomic mass is 32.2. The van der Waals surface area contributed by atoms with E-state index in [4.69, 9.17) is 0 Å². The maximum Gasteiger partial charge on any atom is 0.219 e. The van der Waals surface area contributed by atoms with Crippen molar-refractivity contribution < 1.29 is 4.79 Å². The van der Waals surface area contributed by atoms with Crippen LogP contribution in [0.15, 0.2) is 0 Å². The second-order valence-corrected chi connectivity index (χ2v) is 8.02. The first-order valence-corrected chi connectivity index (χ1v) is 9.57. The van der Waals surface area contributed by atoms with Crippen LogP contribution in [0.1, 0.15) is 52.4 Å². The monoisotopic (exact) mass is 327 g/mol. The molecule has 0 aromatic carbocycles. The second-order valence-electron chi connectivity index (χ2n) is 6.59. The number of thioether (sulfide) groups is 1. The van der Waals surface area contributed by atoms with E-state index in [0.29, 0.717) is 29.1 Å². The average Bonchev–Trinajstić information content (AvgIpc) is 2.97. The van der Waals surface area contributed by atoms with Gasteiger partial charge >= 0.3 is 0 Å². The van der Waals surface area contributed by atoms with Gasteiger partial charge in [0.2, 0.25) is 5.91 Å². The number of nitrogens with zero attached hydrogens (tertiary/aromatic N) is 1. The van der Waals surface area contributed by atoms with E-state index in [1.807, 2.05) is 6.92 Å². The third-order valence-corrected chi connectivity index (χ3v) is 6.49. The Labute approximate surface area is 137 Å². The molecule has 4 N–H and O–H groups in total. The normalized spacial score (nSPS) is 39.5. The number of hydrogen-bond acceptors (Lipinski definition) is 6. The molecule has 3 rings (SSSR count). The van der Waals surface area contributed by atoms with Gasteiger partial charge in [0.25, 0.3) is 0 Å². The van der Waals surface area contributed by atoms with E-state index < -0.39 is 0 Å². The summed E-state index contributed by atoms with van der Waals surface area (Å²) in [6.07, 6.45) is 6.79. The third kappa shape index (κ3) is 3.76. The van der Waals surface area contributed by atoms with Crippen LogP contribution in [-0.2, 0) is 4.79 Å². The minimum Gasteiger partial charge on any atom is -0.352 e. The number of fused-ring (bicyclic) bond motifs is 1. The smallest absolute Gasteiger partial charge is 0.219 e. The molecule has 0 spiro atoms. The summed E-state index contributed by atoms with van der Waals surface area (Å²) in [5.74, 6) is 0.190. The summed E-state index contributed by atoms with van der Waals surface area (Å²) in [5.41, 5.74) is 3.44. The standard InChI is InChI=1S/C15H29N5OS/c1-3-13(21)19-11-6-4-5-7-12(11)22-14-8-10(2)18-15-16-9-17-20(14)15/h10-12,14-18H,3-9H2,1-2H3,(H,19,21). The number of nitrogens with one attached hydrogen (secondary N) is 4. The first-order valence-electron chi connectivity index (χ1n) is 8.63. The van der Waals surface area contributed by atoms with Crippen LogP contribution >= 0.6 is 11.8 Å². The Hall–Kier alpha value is -0.340. The van der Waals surface area contributed by atoms with Crippen molar-refractivity contribution in [3.05, 3.63) is 0 Å². The second kappa shape index (κ2) is 7.49. The van der Waals surface area contributed by atoms with E-state index in [9.17, 15) is 4.79 Å². The Morgan fingerprint density at radius 3 is 3.00 bits per heavy atom. The zero-order valence-electron chi connectivity index (χ0n) is 13.6. The van der Waals surface area contributed by atoms with Crippen molar-refractivity contribution in [1.82, 2.24) is 26.4 Å². The number of carbonyl (C=O) groups excluding carboxylic acids is 1. The number of hydrogen-bond donors (Lipinski definition) is 4. The molecule has 2 aliphatic heterocycles. The van der Waals surface area contributed by atoms with E-state index in [1.165, 1.54) is 19.3 Å². The van der Waals surface area contributed by atoms with Gasteiger partial charge in [-0.1, -0.05) is 19.8 Å². The lowest BCUT2D eigenvalue weighted by Crippen LogP contribution is -2.61. The highest BCUT2D eigenvalue weighted by Crippen LogP contribution is 2.36. The average molecular weight is 327 g/mol. The van der Waals surface area contributed by atoms with Crippen LogP contribution in [0.3, 0.4) is 0 Å². The lowest BCUT2D eigenvalue weighted by Gasteiger charge is -2.43. The fraction of sp³-hybridized carbons (Fsp3) is 0.933. The third-order valence-electron chi connectivity index (χ3n) is 4.84. The fourth-order valence-corrected chi connectivity index (χ4v) is 5.47. The molecule has 0 aromatic heterocycles. The minimum absolute atomic E-state index is 0.190. The molecular formula is C15H29N5OS. The van der Waals surface area contributed by atoms with Crippen LogP contribution in [-0.4, -0.2) is 46.6 Å². The van der Waals surface area contributed by atoms with Gasteiger partial charge in [0.15, 0.2) is 0 Å². The van der Waals surface area contributed by atoms with Crippen LogP contribution in [0.4, 0.5) is 0 Å². The summed E-state index contributed by atoms with van der Waals surface area (Å²) in [6, 6.07) is 0.851. The highest BCUT2D eigenvalue weighted by molar-refractivity contribution is 8.00. The molecule has 7 heteroatoms. The molecule has 1 saturated carbocycles. The van der Waals surface area contributed by atoms with Crippen LogP contribution in [0.5, 0.6) is 0 Å². The molecule has 3 fully saturated rings. The maximum atomic E-state index is 11.8. The van der Waals surface area contributed by atoms with Gasteiger partial charge in [-0.2, -0.15) is 5.01 Å². The molecule has 0 aromatic rings. The molecule has 3 aliphatic rings. The number of amides is 1. The Morgan fingerprint density at radius 2 is 2.18 bits per heavy atom. The van der Waals surface area contributed by atoms with E-state index in [-0.39, 0.29) is 12.2 Å². The van der Waals surface area contributed by atoms with Gasteiger partial charge in [-0.15, -0.1) is 11.8 Å². The molecule has 2 saturated heterocycles. The van der Waals surface area contributed by atoms with Gasteiger partial charge in [-0.25, -0.2) is 5.43 Å². The quantitative estimate of drug-likeness (QED) is 0.616. The zero-order chi connectivity index (χ0) is 15.5. The number of hydrazine groups is 1. The van der Waals surface area contributed by atoms with Crippen molar-refractivity contribution >= 4 is 17.7 Å².